The number of unbranched alkanes of at least 4 members (excludes halogenated alkanes) is 8. The van der Waals surface area contributed by atoms with Crippen LogP contribution in [0, 0.1) is 5.92 Å². The van der Waals surface area contributed by atoms with Crippen molar-refractivity contribution >= 4 is 5.97 Å². The summed E-state index contributed by atoms with van der Waals surface area (Å²) >= 11 is 0. The Kier molecular flexibility index (Phi) is 14.0. The highest BCUT2D eigenvalue weighted by Crippen LogP contribution is 2.14. The van der Waals surface area contributed by atoms with E-state index in [9.17, 15) is 4.79 Å². The predicted octanol–water partition coefficient (Wildman–Crippen LogP) is 5.66. The maximum absolute atomic E-state index is 10.8. The zero-order valence-electron chi connectivity index (χ0n) is 13.7. The molecule has 2 nitrogen and oxygen atoms in total. The van der Waals surface area contributed by atoms with Crippen molar-refractivity contribution in [2.75, 3.05) is 6.61 Å². The third kappa shape index (κ3) is 13.6. The first-order chi connectivity index (χ1) is 9.70. The molecule has 0 rings (SSSR count). The fraction of sp³-hybridized carbons (Fsp3) is 0.833. The fourth-order valence-electron chi connectivity index (χ4n) is 2.27. The van der Waals surface area contributed by atoms with Crippen molar-refractivity contribution < 1.29 is 9.53 Å². The molecule has 0 saturated carbocycles. The molecule has 0 aliphatic rings. The van der Waals surface area contributed by atoms with Crippen molar-refractivity contribution in [2.45, 2.75) is 84.5 Å². The van der Waals surface area contributed by atoms with Crippen molar-refractivity contribution in [1.82, 2.24) is 0 Å². The summed E-state index contributed by atoms with van der Waals surface area (Å²) in [5, 5.41) is 0. The maximum atomic E-state index is 10.8. The first-order valence-corrected chi connectivity index (χ1v) is 8.49. The summed E-state index contributed by atoms with van der Waals surface area (Å²) in [5.74, 6) is 0.604. The van der Waals surface area contributed by atoms with E-state index in [1.165, 1.54) is 70.3 Å². The van der Waals surface area contributed by atoms with Gasteiger partial charge in [0.2, 0.25) is 0 Å². The third-order valence-corrected chi connectivity index (χ3v) is 3.95. The summed E-state index contributed by atoms with van der Waals surface area (Å²) in [5.41, 5.74) is 0. The van der Waals surface area contributed by atoms with E-state index in [1.807, 2.05) is 0 Å². The summed E-state index contributed by atoms with van der Waals surface area (Å²) in [4.78, 5) is 10.8. The molecular formula is C18H34O2. The van der Waals surface area contributed by atoms with E-state index < -0.39 is 0 Å². The topological polar surface area (TPSA) is 26.3 Å². The standard InChI is InChI=1S/C18H34O2/c1-4-17(3)15-13-11-9-7-6-8-10-12-14-16-20-18(19)5-2/h5,17H,2,4,6-16H2,1,3H3. The van der Waals surface area contributed by atoms with Crippen LogP contribution in [0.1, 0.15) is 84.5 Å². The van der Waals surface area contributed by atoms with Gasteiger partial charge >= 0.3 is 5.97 Å². The van der Waals surface area contributed by atoms with Gasteiger partial charge in [-0.05, 0) is 12.3 Å². The fourth-order valence-corrected chi connectivity index (χ4v) is 2.27. The maximum Gasteiger partial charge on any atom is 0.330 e. The van der Waals surface area contributed by atoms with Gasteiger partial charge < -0.3 is 4.74 Å². The molecule has 118 valence electrons. The van der Waals surface area contributed by atoms with E-state index in [4.69, 9.17) is 4.74 Å². The molecule has 0 N–H and O–H groups in total. The van der Waals surface area contributed by atoms with Crippen LogP contribution in [0.15, 0.2) is 12.7 Å². The summed E-state index contributed by atoms with van der Waals surface area (Å²) in [7, 11) is 0. The average Bonchev–Trinajstić information content (AvgIpc) is 2.47. The molecule has 0 aliphatic carbocycles. The van der Waals surface area contributed by atoms with Gasteiger partial charge in [-0.2, -0.15) is 0 Å². The molecule has 0 aromatic heterocycles. The number of rotatable bonds is 14. The smallest absolute Gasteiger partial charge is 0.330 e. The van der Waals surface area contributed by atoms with E-state index >= 15 is 0 Å². The molecule has 20 heavy (non-hydrogen) atoms. The molecule has 1 unspecified atom stereocenters. The lowest BCUT2D eigenvalue weighted by Crippen LogP contribution is -2.01. The van der Waals surface area contributed by atoms with E-state index in [0.717, 1.165) is 12.3 Å². The molecule has 0 aromatic carbocycles. The Balaban J connectivity index is 3.06. The van der Waals surface area contributed by atoms with Gasteiger partial charge in [-0.15, -0.1) is 0 Å². The second kappa shape index (κ2) is 14.6. The number of hydrogen-bond donors (Lipinski definition) is 0. The van der Waals surface area contributed by atoms with Gasteiger partial charge in [0.1, 0.15) is 0 Å². The second-order valence-corrected chi connectivity index (χ2v) is 5.86. The zero-order chi connectivity index (χ0) is 15.1. The highest BCUT2D eigenvalue weighted by Gasteiger charge is 1.98. The first kappa shape index (κ1) is 19.2. The second-order valence-electron chi connectivity index (χ2n) is 5.86. The molecule has 0 bridgehead atoms. The van der Waals surface area contributed by atoms with E-state index in [-0.39, 0.29) is 5.97 Å². The van der Waals surface area contributed by atoms with Crippen LogP contribution in [-0.2, 0) is 9.53 Å². The van der Waals surface area contributed by atoms with Crippen LogP contribution in [0.5, 0.6) is 0 Å². The lowest BCUT2D eigenvalue weighted by molar-refractivity contribution is -0.137. The number of carbonyl (C=O) groups excluding carboxylic acids is 1. The van der Waals surface area contributed by atoms with Gasteiger partial charge in [0.05, 0.1) is 6.61 Å². The van der Waals surface area contributed by atoms with Gasteiger partial charge in [-0.1, -0.05) is 84.6 Å². The summed E-state index contributed by atoms with van der Waals surface area (Å²) < 4.78 is 4.93. The Hall–Kier alpha value is -0.790. The van der Waals surface area contributed by atoms with Crippen molar-refractivity contribution in [3.8, 4) is 0 Å². The van der Waals surface area contributed by atoms with E-state index in [2.05, 4.69) is 20.4 Å². The normalized spacial score (nSPS) is 12.1. The molecule has 0 amide bonds. The van der Waals surface area contributed by atoms with Gasteiger partial charge in [0.15, 0.2) is 0 Å². The summed E-state index contributed by atoms with van der Waals surface area (Å²) in [6.07, 6.45) is 15.6. The Morgan fingerprint density at radius 2 is 1.50 bits per heavy atom. The van der Waals surface area contributed by atoms with Crippen LogP contribution >= 0.6 is 0 Å². The molecule has 0 aliphatic heterocycles. The van der Waals surface area contributed by atoms with E-state index in [0.29, 0.717) is 6.61 Å². The molecule has 1 atom stereocenters. The van der Waals surface area contributed by atoms with Gasteiger partial charge in [0.25, 0.3) is 0 Å². The van der Waals surface area contributed by atoms with Gasteiger partial charge in [0, 0.05) is 6.08 Å². The lowest BCUT2D eigenvalue weighted by atomic mass is 9.99. The molecule has 0 fully saturated rings. The molecule has 0 aromatic rings. The highest BCUT2D eigenvalue weighted by molar-refractivity contribution is 5.81. The largest absolute Gasteiger partial charge is 0.463 e. The van der Waals surface area contributed by atoms with Crippen LogP contribution in [0.25, 0.3) is 0 Å². The van der Waals surface area contributed by atoms with Crippen LogP contribution < -0.4 is 0 Å². The summed E-state index contributed by atoms with van der Waals surface area (Å²) in [6.45, 7) is 8.55. The Morgan fingerprint density at radius 1 is 1.00 bits per heavy atom. The number of esters is 1. The minimum atomic E-state index is -0.303. The monoisotopic (exact) mass is 282 g/mol. The van der Waals surface area contributed by atoms with Crippen molar-refractivity contribution in [1.29, 1.82) is 0 Å². The molecule has 0 heterocycles. The predicted molar refractivity (Wildman–Crippen MR) is 86.8 cm³/mol. The molecule has 0 spiro atoms. The minimum absolute atomic E-state index is 0.303. The Morgan fingerprint density at radius 3 is 2.00 bits per heavy atom. The Labute approximate surface area is 126 Å². The molecule has 2 heteroatoms. The van der Waals surface area contributed by atoms with Gasteiger partial charge in [-0.25, -0.2) is 4.79 Å². The first-order valence-electron chi connectivity index (χ1n) is 8.49. The van der Waals surface area contributed by atoms with Crippen molar-refractivity contribution in [2.24, 2.45) is 5.92 Å². The van der Waals surface area contributed by atoms with Crippen LogP contribution in [0.4, 0.5) is 0 Å². The third-order valence-electron chi connectivity index (χ3n) is 3.95. The van der Waals surface area contributed by atoms with Crippen LogP contribution in [0.2, 0.25) is 0 Å². The van der Waals surface area contributed by atoms with Crippen molar-refractivity contribution in [3.63, 3.8) is 0 Å². The van der Waals surface area contributed by atoms with Crippen molar-refractivity contribution in [3.05, 3.63) is 12.7 Å². The Bertz CT molecular complexity index is 236. The highest BCUT2D eigenvalue weighted by atomic mass is 16.5. The number of ether oxygens (including phenoxy) is 1. The molecule has 0 saturated heterocycles. The SMILES string of the molecule is C=CC(=O)OCCCCCCCCCCCC(C)CC. The average molecular weight is 282 g/mol. The lowest BCUT2D eigenvalue weighted by Gasteiger charge is -2.07. The molecule has 0 radical (unpaired) electrons. The summed E-state index contributed by atoms with van der Waals surface area (Å²) in [6, 6.07) is 0. The quantitative estimate of drug-likeness (QED) is 0.233. The minimum Gasteiger partial charge on any atom is -0.463 e. The molecular weight excluding hydrogens is 248 g/mol. The number of hydrogen-bond acceptors (Lipinski definition) is 2. The van der Waals surface area contributed by atoms with Crippen LogP contribution in [-0.4, -0.2) is 12.6 Å². The van der Waals surface area contributed by atoms with Gasteiger partial charge in [-0.3, -0.25) is 0 Å². The zero-order valence-corrected chi connectivity index (χ0v) is 13.7. The number of carbonyl (C=O) groups is 1. The van der Waals surface area contributed by atoms with E-state index in [1.54, 1.807) is 0 Å². The van der Waals surface area contributed by atoms with Crippen LogP contribution in [0.3, 0.4) is 0 Å².